The maximum atomic E-state index is 9.12. The lowest BCUT2D eigenvalue weighted by Gasteiger charge is -2.12. The molecule has 96 valence electrons. The van der Waals surface area contributed by atoms with Crippen LogP contribution in [0.3, 0.4) is 0 Å². The van der Waals surface area contributed by atoms with E-state index in [2.05, 4.69) is 11.4 Å². The second-order valence-electron chi connectivity index (χ2n) is 4.35. The SMILES string of the molecule is CNCc1ccccc1Oc1cc(C)ccc1C#N. The summed E-state index contributed by atoms with van der Waals surface area (Å²) in [5.74, 6) is 1.38. The van der Waals surface area contributed by atoms with Crippen LogP contribution < -0.4 is 10.1 Å². The zero-order valence-electron chi connectivity index (χ0n) is 11.1. The largest absolute Gasteiger partial charge is 0.456 e. The van der Waals surface area contributed by atoms with Crippen molar-refractivity contribution < 1.29 is 4.74 Å². The minimum absolute atomic E-state index is 0.546. The molecule has 0 atom stereocenters. The van der Waals surface area contributed by atoms with Crippen LogP contribution in [0, 0.1) is 18.3 Å². The Morgan fingerprint density at radius 3 is 2.68 bits per heavy atom. The zero-order valence-corrected chi connectivity index (χ0v) is 11.1. The van der Waals surface area contributed by atoms with E-state index in [1.165, 1.54) is 0 Å². The molecular weight excluding hydrogens is 236 g/mol. The molecule has 19 heavy (non-hydrogen) atoms. The fourth-order valence-corrected chi connectivity index (χ4v) is 1.86. The first-order valence-electron chi connectivity index (χ1n) is 6.15. The predicted molar refractivity (Wildman–Crippen MR) is 75.2 cm³/mol. The monoisotopic (exact) mass is 252 g/mol. The van der Waals surface area contributed by atoms with Gasteiger partial charge in [0.05, 0.1) is 5.56 Å². The Hall–Kier alpha value is -2.31. The topological polar surface area (TPSA) is 45.0 Å². The molecule has 2 aromatic carbocycles. The quantitative estimate of drug-likeness (QED) is 0.907. The van der Waals surface area contributed by atoms with Crippen LogP contribution in [0.15, 0.2) is 42.5 Å². The molecule has 2 aromatic rings. The van der Waals surface area contributed by atoms with E-state index >= 15 is 0 Å². The molecule has 0 saturated heterocycles. The summed E-state index contributed by atoms with van der Waals surface area (Å²) in [6.45, 7) is 2.71. The molecule has 1 N–H and O–H groups in total. The van der Waals surface area contributed by atoms with Gasteiger partial charge in [0, 0.05) is 12.1 Å². The van der Waals surface area contributed by atoms with Crippen LogP contribution in [0.25, 0.3) is 0 Å². The van der Waals surface area contributed by atoms with E-state index < -0.39 is 0 Å². The number of nitrogens with one attached hydrogen (secondary N) is 1. The van der Waals surface area contributed by atoms with Crippen molar-refractivity contribution in [3.05, 3.63) is 59.2 Å². The molecule has 0 bridgehead atoms. The Kier molecular flexibility index (Phi) is 4.17. The molecule has 0 aromatic heterocycles. The minimum Gasteiger partial charge on any atom is -0.456 e. The van der Waals surface area contributed by atoms with Crippen molar-refractivity contribution in [1.29, 1.82) is 5.26 Å². The summed E-state index contributed by atoms with van der Waals surface area (Å²) in [4.78, 5) is 0. The van der Waals surface area contributed by atoms with Crippen LogP contribution in [-0.4, -0.2) is 7.05 Å². The number of nitriles is 1. The van der Waals surface area contributed by atoms with E-state index in [9.17, 15) is 0 Å². The Morgan fingerprint density at radius 2 is 1.95 bits per heavy atom. The highest BCUT2D eigenvalue weighted by molar-refractivity contribution is 5.48. The third-order valence-electron chi connectivity index (χ3n) is 2.82. The number of nitrogens with zero attached hydrogens (tertiary/aromatic N) is 1. The molecule has 0 unspecified atom stereocenters. The molecule has 0 aliphatic carbocycles. The summed E-state index contributed by atoms with van der Waals surface area (Å²) in [7, 11) is 1.89. The number of hydrogen-bond acceptors (Lipinski definition) is 3. The van der Waals surface area contributed by atoms with Crippen LogP contribution in [0.4, 0.5) is 0 Å². The molecule has 0 saturated carbocycles. The smallest absolute Gasteiger partial charge is 0.145 e. The van der Waals surface area contributed by atoms with Gasteiger partial charge in [0.15, 0.2) is 0 Å². The van der Waals surface area contributed by atoms with E-state index in [0.29, 0.717) is 11.3 Å². The highest BCUT2D eigenvalue weighted by Crippen LogP contribution is 2.28. The van der Waals surface area contributed by atoms with Gasteiger partial charge in [-0.25, -0.2) is 0 Å². The number of ether oxygens (including phenoxy) is 1. The second kappa shape index (κ2) is 6.03. The lowest BCUT2D eigenvalue weighted by Crippen LogP contribution is -2.06. The van der Waals surface area contributed by atoms with Crippen molar-refractivity contribution in [3.8, 4) is 17.6 Å². The van der Waals surface area contributed by atoms with Crippen molar-refractivity contribution in [2.45, 2.75) is 13.5 Å². The van der Waals surface area contributed by atoms with Gasteiger partial charge in [-0.3, -0.25) is 0 Å². The molecule has 0 spiro atoms. The number of aryl methyl sites for hydroxylation is 1. The van der Waals surface area contributed by atoms with Crippen LogP contribution in [0.1, 0.15) is 16.7 Å². The van der Waals surface area contributed by atoms with Crippen LogP contribution in [0.2, 0.25) is 0 Å². The van der Waals surface area contributed by atoms with E-state index in [1.807, 2.05) is 50.4 Å². The Morgan fingerprint density at radius 1 is 1.16 bits per heavy atom. The van der Waals surface area contributed by atoms with Gasteiger partial charge in [0.25, 0.3) is 0 Å². The fourth-order valence-electron chi connectivity index (χ4n) is 1.86. The highest BCUT2D eigenvalue weighted by Gasteiger charge is 2.08. The van der Waals surface area contributed by atoms with Gasteiger partial charge in [0.2, 0.25) is 0 Å². The number of hydrogen-bond donors (Lipinski definition) is 1. The van der Waals surface area contributed by atoms with E-state index in [-0.39, 0.29) is 0 Å². The van der Waals surface area contributed by atoms with Gasteiger partial charge in [-0.1, -0.05) is 24.3 Å². The Labute approximate surface area is 113 Å². The van der Waals surface area contributed by atoms with Crippen molar-refractivity contribution in [3.63, 3.8) is 0 Å². The van der Waals surface area contributed by atoms with Crippen molar-refractivity contribution in [2.75, 3.05) is 7.05 Å². The molecule has 0 fully saturated rings. The van der Waals surface area contributed by atoms with E-state index in [0.717, 1.165) is 23.4 Å². The van der Waals surface area contributed by atoms with Gasteiger partial charge in [0.1, 0.15) is 17.6 Å². The first-order chi connectivity index (χ1) is 9.24. The van der Waals surface area contributed by atoms with Crippen LogP contribution in [-0.2, 0) is 6.54 Å². The average Bonchev–Trinajstić information content (AvgIpc) is 2.42. The molecule has 3 nitrogen and oxygen atoms in total. The maximum Gasteiger partial charge on any atom is 0.145 e. The Balaban J connectivity index is 2.36. The zero-order chi connectivity index (χ0) is 13.7. The summed E-state index contributed by atoms with van der Waals surface area (Å²) in [6, 6.07) is 15.5. The first kappa shape index (κ1) is 13.1. The van der Waals surface area contributed by atoms with Crippen molar-refractivity contribution >= 4 is 0 Å². The summed E-state index contributed by atoms with van der Waals surface area (Å²) in [5, 5.41) is 12.2. The molecular formula is C16H16N2O. The fraction of sp³-hybridized carbons (Fsp3) is 0.188. The third-order valence-corrected chi connectivity index (χ3v) is 2.82. The number of rotatable bonds is 4. The maximum absolute atomic E-state index is 9.12. The second-order valence-corrected chi connectivity index (χ2v) is 4.35. The molecule has 0 aliphatic heterocycles. The number of para-hydroxylation sites is 1. The third kappa shape index (κ3) is 3.12. The van der Waals surface area contributed by atoms with E-state index in [4.69, 9.17) is 10.00 Å². The molecule has 3 heteroatoms. The van der Waals surface area contributed by atoms with Crippen molar-refractivity contribution in [1.82, 2.24) is 5.32 Å². The lowest BCUT2D eigenvalue weighted by molar-refractivity contribution is 0.472. The first-order valence-corrected chi connectivity index (χ1v) is 6.15. The van der Waals surface area contributed by atoms with Gasteiger partial charge < -0.3 is 10.1 Å². The summed E-state index contributed by atoms with van der Waals surface area (Å²) >= 11 is 0. The van der Waals surface area contributed by atoms with Gasteiger partial charge in [-0.15, -0.1) is 0 Å². The van der Waals surface area contributed by atoms with Crippen LogP contribution >= 0.6 is 0 Å². The summed E-state index contributed by atoms with van der Waals surface area (Å²) < 4.78 is 5.90. The molecule has 0 radical (unpaired) electrons. The molecule has 0 aliphatic rings. The predicted octanol–water partition coefficient (Wildman–Crippen LogP) is 3.38. The van der Waals surface area contributed by atoms with Gasteiger partial charge in [-0.05, 0) is 37.7 Å². The number of benzene rings is 2. The average molecular weight is 252 g/mol. The van der Waals surface area contributed by atoms with E-state index in [1.54, 1.807) is 6.07 Å². The standard InChI is InChI=1S/C16H16N2O/c1-12-7-8-13(10-17)16(9-12)19-15-6-4-3-5-14(15)11-18-2/h3-9,18H,11H2,1-2H3. The van der Waals surface area contributed by atoms with Crippen LogP contribution in [0.5, 0.6) is 11.5 Å². The normalized spacial score (nSPS) is 9.95. The lowest BCUT2D eigenvalue weighted by atomic mass is 10.1. The molecule has 0 heterocycles. The summed E-state index contributed by atoms with van der Waals surface area (Å²) in [5.41, 5.74) is 2.68. The van der Waals surface area contributed by atoms with Gasteiger partial charge >= 0.3 is 0 Å². The van der Waals surface area contributed by atoms with Crippen molar-refractivity contribution in [2.24, 2.45) is 0 Å². The molecule has 0 amide bonds. The molecule has 2 rings (SSSR count). The van der Waals surface area contributed by atoms with Gasteiger partial charge in [-0.2, -0.15) is 5.26 Å². The minimum atomic E-state index is 0.546. The Bertz CT molecular complexity index is 614. The highest BCUT2D eigenvalue weighted by atomic mass is 16.5. The summed E-state index contributed by atoms with van der Waals surface area (Å²) in [6.07, 6.45) is 0.